The van der Waals surface area contributed by atoms with Gasteiger partial charge in [0.25, 0.3) is 5.56 Å². The fourth-order valence-corrected chi connectivity index (χ4v) is 3.46. The van der Waals surface area contributed by atoms with E-state index >= 15 is 0 Å². The third-order valence-corrected chi connectivity index (χ3v) is 4.72. The van der Waals surface area contributed by atoms with Gasteiger partial charge in [-0.2, -0.15) is 0 Å². The van der Waals surface area contributed by atoms with E-state index in [1.165, 1.54) is 11.3 Å². The monoisotopic (exact) mass is 329 g/mol. The minimum atomic E-state index is -0.100. The molecule has 2 aromatic heterocycles. The zero-order valence-electron chi connectivity index (χ0n) is 13.4. The molecule has 1 aromatic carbocycles. The van der Waals surface area contributed by atoms with Crippen LogP contribution >= 0.6 is 11.3 Å². The number of hydrogen-bond donors (Lipinski definition) is 1. The third-order valence-electron chi connectivity index (χ3n) is 3.85. The molecule has 0 fully saturated rings. The van der Waals surface area contributed by atoms with Gasteiger partial charge in [0, 0.05) is 16.5 Å². The van der Waals surface area contributed by atoms with Crippen molar-refractivity contribution in [3.63, 3.8) is 0 Å². The summed E-state index contributed by atoms with van der Waals surface area (Å²) in [6, 6.07) is 7.70. The Bertz CT molecular complexity index is 885. The molecule has 0 amide bonds. The first-order chi connectivity index (χ1) is 11.1. The molecular formula is C17H19N3O2S. The second kappa shape index (κ2) is 6.52. The van der Waals surface area contributed by atoms with Crippen LogP contribution in [0.2, 0.25) is 0 Å². The highest BCUT2D eigenvalue weighted by atomic mass is 32.1. The first kappa shape index (κ1) is 15.7. The van der Waals surface area contributed by atoms with Gasteiger partial charge in [0.2, 0.25) is 0 Å². The second-order valence-corrected chi connectivity index (χ2v) is 6.23. The number of rotatable bonds is 5. The number of nitrogens with zero attached hydrogens (tertiary/aromatic N) is 2. The molecule has 2 heterocycles. The predicted octanol–water partition coefficient (Wildman–Crippen LogP) is 3.11. The van der Waals surface area contributed by atoms with Gasteiger partial charge >= 0.3 is 0 Å². The molecule has 0 saturated heterocycles. The zero-order valence-corrected chi connectivity index (χ0v) is 14.2. The van der Waals surface area contributed by atoms with Crippen LogP contribution in [0.25, 0.3) is 21.3 Å². The van der Waals surface area contributed by atoms with Gasteiger partial charge in [0.1, 0.15) is 16.4 Å². The van der Waals surface area contributed by atoms with Crippen molar-refractivity contribution < 1.29 is 4.74 Å². The number of H-pyrrole nitrogens is 1. The van der Waals surface area contributed by atoms with E-state index in [2.05, 4.69) is 21.8 Å². The van der Waals surface area contributed by atoms with Crippen molar-refractivity contribution in [2.45, 2.75) is 13.5 Å². The average Bonchev–Trinajstić information content (AvgIpc) is 2.99. The lowest BCUT2D eigenvalue weighted by Gasteiger charge is -2.12. The van der Waals surface area contributed by atoms with Crippen LogP contribution in [0.3, 0.4) is 0 Å². The van der Waals surface area contributed by atoms with E-state index in [0.29, 0.717) is 17.8 Å². The molecule has 0 aliphatic carbocycles. The van der Waals surface area contributed by atoms with Crippen LogP contribution in [0, 0.1) is 0 Å². The van der Waals surface area contributed by atoms with Crippen LogP contribution in [0.15, 0.2) is 34.4 Å². The van der Waals surface area contributed by atoms with Crippen LogP contribution < -0.4 is 10.3 Å². The first-order valence-electron chi connectivity index (χ1n) is 7.46. The van der Waals surface area contributed by atoms with Gasteiger partial charge < -0.3 is 9.72 Å². The summed E-state index contributed by atoms with van der Waals surface area (Å²) in [5, 5.41) is 2.60. The van der Waals surface area contributed by atoms with Crippen LogP contribution in [0.4, 0.5) is 0 Å². The van der Waals surface area contributed by atoms with Crippen molar-refractivity contribution in [1.82, 2.24) is 14.9 Å². The lowest BCUT2D eigenvalue weighted by atomic mass is 10.1. The van der Waals surface area contributed by atoms with Crippen molar-refractivity contribution in [1.29, 1.82) is 0 Å². The Kier molecular flexibility index (Phi) is 4.45. The lowest BCUT2D eigenvalue weighted by Crippen LogP contribution is -2.21. The molecule has 0 aliphatic rings. The molecule has 3 aromatic rings. The fourth-order valence-electron chi connectivity index (χ4n) is 2.50. The lowest BCUT2D eigenvalue weighted by molar-refractivity contribution is 0.336. The standard InChI is InChI=1S/C17H19N3O2S/c1-4-20(2)9-14-18-16(21)15-12(10-23-17(15)19-14)11-7-5-6-8-13(11)22-3/h5-8,10H,4,9H2,1-3H3,(H,18,19,21). The van der Waals surface area contributed by atoms with Crippen LogP contribution in [-0.2, 0) is 6.54 Å². The fraction of sp³-hybridized carbons (Fsp3) is 0.294. The maximum atomic E-state index is 12.6. The van der Waals surface area contributed by atoms with E-state index in [1.807, 2.05) is 36.7 Å². The third kappa shape index (κ3) is 3.00. The van der Waals surface area contributed by atoms with E-state index in [1.54, 1.807) is 7.11 Å². The van der Waals surface area contributed by atoms with Gasteiger partial charge in [0.15, 0.2) is 0 Å². The van der Waals surface area contributed by atoms with E-state index in [9.17, 15) is 4.79 Å². The highest BCUT2D eigenvalue weighted by Crippen LogP contribution is 2.36. The summed E-state index contributed by atoms with van der Waals surface area (Å²) in [6.45, 7) is 3.60. The zero-order chi connectivity index (χ0) is 16.4. The van der Waals surface area contributed by atoms with Crippen molar-refractivity contribution in [3.05, 3.63) is 45.8 Å². The van der Waals surface area contributed by atoms with Crippen molar-refractivity contribution in [3.8, 4) is 16.9 Å². The molecule has 0 atom stereocenters. The van der Waals surface area contributed by atoms with Gasteiger partial charge in [-0.3, -0.25) is 9.69 Å². The maximum Gasteiger partial charge on any atom is 0.260 e. The van der Waals surface area contributed by atoms with Crippen molar-refractivity contribution >= 4 is 21.6 Å². The molecule has 0 aliphatic heterocycles. The summed E-state index contributed by atoms with van der Waals surface area (Å²) in [6.07, 6.45) is 0. The number of hydrogen-bond acceptors (Lipinski definition) is 5. The number of aromatic nitrogens is 2. The highest BCUT2D eigenvalue weighted by Gasteiger charge is 2.15. The van der Waals surface area contributed by atoms with Gasteiger partial charge in [-0.15, -0.1) is 11.3 Å². The smallest absolute Gasteiger partial charge is 0.260 e. The number of methoxy groups -OCH3 is 1. The number of ether oxygens (including phenoxy) is 1. The number of fused-ring (bicyclic) bond motifs is 1. The van der Waals surface area contributed by atoms with Gasteiger partial charge in [-0.05, 0) is 19.7 Å². The molecule has 1 N–H and O–H groups in total. The molecule has 0 radical (unpaired) electrons. The summed E-state index contributed by atoms with van der Waals surface area (Å²) < 4.78 is 5.41. The number of aromatic amines is 1. The molecule has 6 heteroatoms. The normalized spacial score (nSPS) is 11.3. The molecular weight excluding hydrogens is 310 g/mol. The second-order valence-electron chi connectivity index (χ2n) is 5.37. The Morgan fingerprint density at radius 2 is 2.09 bits per heavy atom. The first-order valence-corrected chi connectivity index (χ1v) is 8.34. The van der Waals surface area contributed by atoms with E-state index < -0.39 is 0 Å². The molecule has 0 bridgehead atoms. The minimum Gasteiger partial charge on any atom is -0.496 e. The van der Waals surface area contributed by atoms with Crippen LogP contribution in [-0.4, -0.2) is 35.6 Å². The summed E-state index contributed by atoms with van der Waals surface area (Å²) >= 11 is 1.49. The van der Waals surface area contributed by atoms with E-state index in [0.717, 1.165) is 28.3 Å². The Labute approximate surface area is 138 Å². The molecule has 3 rings (SSSR count). The minimum absolute atomic E-state index is 0.100. The summed E-state index contributed by atoms with van der Waals surface area (Å²) in [4.78, 5) is 22.9. The summed E-state index contributed by atoms with van der Waals surface area (Å²) in [5.74, 6) is 1.45. The summed E-state index contributed by atoms with van der Waals surface area (Å²) in [5.41, 5.74) is 1.68. The molecule has 0 spiro atoms. The summed E-state index contributed by atoms with van der Waals surface area (Å²) in [7, 11) is 3.63. The Morgan fingerprint density at radius 1 is 1.30 bits per heavy atom. The Morgan fingerprint density at radius 3 is 2.83 bits per heavy atom. The topological polar surface area (TPSA) is 58.2 Å². The van der Waals surface area contributed by atoms with Gasteiger partial charge in [-0.25, -0.2) is 4.98 Å². The average molecular weight is 329 g/mol. The van der Waals surface area contributed by atoms with Crippen molar-refractivity contribution in [2.75, 3.05) is 20.7 Å². The van der Waals surface area contributed by atoms with Gasteiger partial charge in [-0.1, -0.05) is 25.1 Å². The quantitative estimate of drug-likeness (QED) is 0.781. The number of thiophene rings is 1. The molecule has 0 saturated carbocycles. The van der Waals surface area contributed by atoms with Crippen molar-refractivity contribution in [2.24, 2.45) is 0 Å². The Hall–Kier alpha value is -2.18. The van der Waals surface area contributed by atoms with E-state index in [-0.39, 0.29) is 5.56 Å². The molecule has 23 heavy (non-hydrogen) atoms. The SMILES string of the molecule is CCN(C)Cc1nc2scc(-c3ccccc3OC)c2c(=O)[nH]1. The molecule has 0 unspecified atom stereocenters. The molecule has 120 valence electrons. The van der Waals surface area contributed by atoms with Gasteiger partial charge in [0.05, 0.1) is 19.0 Å². The maximum absolute atomic E-state index is 12.6. The number of para-hydroxylation sites is 1. The Balaban J connectivity index is 2.13. The van der Waals surface area contributed by atoms with Crippen LogP contribution in [0.1, 0.15) is 12.7 Å². The molecule has 5 nitrogen and oxygen atoms in total. The number of benzene rings is 1. The van der Waals surface area contributed by atoms with Crippen LogP contribution in [0.5, 0.6) is 5.75 Å². The largest absolute Gasteiger partial charge is 0.496 e. The van der Waals surface area contributed by atoms with E-state index in [4.69, 9.17) is 4.74 Å². The number of nitrogens with one attached hydrogen (secondary N) is 1. The predicted molar refractivity (Wildman–Crippen MR) is 94.2 cm³/mol. The highest BCUT2D eigenvalue weighted by molar-refractivity contribution is 7.17.